The van der Waals surface area contributed by atoms with E-state index in [2.05, 4.69) is 39.9 Å². The average molecular weight is 305 g/mol. The van der Waals surface area contributed by atoms with Crippen LogP contribution in [0.1, 0.15) is 43.9 Å². The first-order valence-electron chi connectivity index (χ1n) is 7.48. The highest BCUT2D eigenvalue weighted by atomic mass is 28.4. The largest absolute Gasteiger partial charge is 0.417 e. The molecule has 0 aromatic heterocycles. The molecule has 3 nitrogen and oxygen atoms in total. The van der Waals surface area contributed by atoms with Crippen LogP contribution in [0.15, 0.2) is 18.2 Å². The zero-order chi connectivity index (χ0) is 16.1. The van der Waals surface area contributed by atoms with Crippen LogP contribution in [0.4, 0.5) is 0 Å². The summed E-state index contributed by atoms with van der Waals surface area (Å²) in [7, 11) is -1.69. The summed E-state index contributed by atoms with van der Waals surface area (Å²) in [5, 5.41) is 18.6. The summed E-state index contributed by atoms with van der Waals surface area (Å²) in [6.45, 7) is 11.9. The van der Waals surface area contributed by atoms with E-state index in [-0.39, 0.29) is 11.6 Å². The fraction of sp³-hybridized carbons (Fsp3) is 0.588. The van der Waals surface area contributed by atoms with Crippen molar-refractivity contribution >= 4 is 8.32 Å². The Morgan fingerprint density at radius 3 is 2.48 bits per heavy atom. The number of aryl methyl sites for hydroxylation is 1. The first-order chi connectivity index (χ1) is 9.71. The highest BCUT2D eigenvalue weighted by molar-refractivity contribution is 6.74. The monoisotopic (exact) mass is 305 g/mol. The number of aliphatic hydroxyl groups is 1. The van der Waals surface area contributed by atoms with Crippen LogP contribution in [-0.4, -0.2) is 20.0 Å². The Morgan fingerprint density at radius 1 is 1.29 bits per heavy atom. The normalized spacial score (nSPS) is 12.2. The summed E-state index contributed by atoms with van der Waals surface area (Å²) in [6, 6.07) is 7.72. The van der Waals surface area contributed by atoms with E-state index in [4.69, 9.17) is 9.69 Å². The van der Waals surface area contributed by atoms with Crippen molar-refractivity contribution in [3.05, 3.63) is 34.9 Å². The third-order valence-corrected chi connectivity index (χ3v) is 8.87. The van der Waals surface area contributed by atoms with Crippen molar-refractivity contribution in [2.24, 2.45) is 0 Å². The molecular formula is C17H27NO2Si. The van der Waals surface area contributed by atoms with Gasteiger partial charge in [-0.1, -0.05) is 32.9 Å². The first kappa shape index (κ1) is 17.9. The van der Waals surface area contributed by atoms with E-state index in [1.807, 2.05) is 6.07 Å². The zero-order valence-electron chi connectivity index (χ0n) is 13.9. The number of hydrogen-bond acceptors (Lipinski definition) is 3. The van der Waals surface area contributed by atoms with E-state index in [1.54, 1.807) is 12.1 Å². The van der Waals surface area contributed by atoms with Gasteiger partial charge in [0.25, 0.3) is 0 Å². The van der Waals surface area contributed by atoms with Crippen LogP contribution >= 0.6 is 0 Å². The third kappa shape index (κ3) is 4.96. The molecule has 1 rings (SSSR count). The molecule has 0 aliphatic carbocycles. The molecule has 116 valence electrons. The van der Waals surface area contributed by atoms with Crippen LogP contribution in [0, 0.1) is 11.3 Å². The van der Waals surface area contributed by atoms with Gasteiger partial charge in [0.15, 0.2) is 8.32 Å². The molecule has 0 bridgehead atoms. The second-order valence-electron chi connectivity index (χ2n) is 6.97. The van der Waals surface area contributed by atoms with E-state index in [1.165, 1.54) is 0 Å². The molecule has 0 amide bonds. The number of nitriles is 1. The Kier molecular flexibility index (Phi) is 6.15. The Balaban J connectivity index is 2.59. The Hall–Kier alpha value is -1.15. The Bertz CT molecular complexity index is 513. The van der Waals surface area contributed by atoms with Crippen molar-refractivity contribution in [2.45, 2.75) is 58.4 Å². The van der Waals surface area contributed by atoms with Crippen LogP contribution in [0.3, 0.4) is 0 Å². The van der Waals surface area contributed by atoms with Crippen LogP contribution in [0.25, 0.3) is 0 Å². The summed E-state index contributed by atoms with van der Waals surface area (Å²) in [5.41, 5.74) is 2.55. The van der Waals surface area contributed by atoms with Crippen LogP contribution in [0.2, 0.25) is 18.1 Å². The third-order valence-electron chi connectivity index (χ3n) is 4.33. The smallest absolute Gasteiger partial charge is 0.191 e. The number of benzene rings is 1. The van der Waals surface area contributed by atoms with E-state index >= 15 is 0 Å². The van der Waals surface area contributed by atoms with Crippen LogP contribution < -0.4 is 0 Å². The molecule has 0 aliphatic heterocycles. The highest BCUT2D eigenvalue weighted by Crippen LogP contribution is 2.36. The first-order valence-corrected chi connectivity index (χ1v) is 10.4. The molecule has 0 atom stereocenters. The van der Waals surface area contributed by atoms with E-state index in [9.17, 15) is 5.11 Å². The maximum Gasteiger partial charge on any atom is 0.191 e. The van der Waals surface area contributed by atoms with Crippen LogP contribution in [0.5, 0.6) is 0 Å². The molecular weight excluding hydrogens is 278 g/mol. The second kappa shape index (κ2) is 7.21. The molecule has 0 spiro atoms. The molecule has 1 N–H and O–H groups in total. The van der Waals surface area contributed by atoms with Gasteiger partial charge in [-0.25, -0.2) is 0 Å². The average Bonchev–Trinajstić information content (AvgIpc) is 2.42. The van der Waals surface area contributed by atoms with Gasteiger partial charge in [0.1, 0.15) is 0 Å². The van der Waals surface area contributed by atoms with Gasteiger partial charge in [-0.05, 0) is 48.2 Å². The maximum atomic E-state index is 9.19. The van der Waals surface area contributed by atoms with Crippen molar-refractivity contribution in [2.75, 3.05) is 6.61 Å². The predicted octanol–water partition coefficient (Wildman–Crippen LogP) is 4.00. The second-order valence-corrected chi connectivity index (χ2v) is 11.8. The lowest BCUT2D eigenvalue weighted by Crippen LogP contribution is -2.41. The van der Waals surface area contributed by atoms with Gasteiger partial charge in [0.05, 0.1) is 18.2 Å². The van der Waals surface area contributed by atoms with Crippen molar-refractivity contribution in [3.8, 4) is 6.07 Å². The molecule has 0 heterocycles. The Morgan fingerprint density at radius 2 is 1.95 bits per heavy atom. The molecule has 0 fully saturated rings. The fourth-order valence-electron chi connectivity index (χ4n) is 1.87. The lowest BCUT2D eigenvalue weighted by molar-refractivity contribution is 0.280. The van der Waals surface area contributed by atoms with E-state index < -0.39 is 8.32 Å². The fourth-order valence-corrected chi connectivity index (χ4v) is 2.96. The standard InChI is InChI=1S/C17H27NO2Si/c1-17(2,3)21(4,5)20-10-6-7-15-11-14(13-19)8-9-16(15)12-18/h8-9,11,19H,6-7,10,13H2,1-5H3. The summed E-state index contributed by atoms with van der Waals surface area (Å²) < 4.78 is 6.15. The minimum Gasteiger partial charge on any atom is -0.417 e. The number of rotatable bonds is 6. The minimum atomic E-state index is -1.69. The van der Waals surface area contributed by atoms with Gasteiger partial charge in [0.2, 0.25) is 0 Å². The molecule has 1 aromatic carbocycles. The lowest BCUT2D eigenvalue weighted by Gasteiger charge is -2.36. The molecule has 4 heteroatoms. The highest BCUT2D eigenvalue weighted by Gasteiger charge is 2.36. The molecule has 0 aliphatic rings. The number of nitrogens with zero attached hydrogens (tertiary/aromatic N) is 1. The molecule has 1 aromatic rings. The van der Waals surface area contributed by atoms with Gasteiger partial charge in [0, 0.05) is 6.61 Å². The molecule has 0 saturated carbocycles. The quantitative estimate of drug-likeness (QED) is 0.638. The van der Waals surface area contributed by atoms with Crippen molar-refractivity contribution in [1.82, 2.24) is 0 Å². The van der Waals surface area contributed by atoms with Gasteiger partial charge in [-0.15, -0.1) is 0 Å². The summed E-state index contributed by atoms with van der Waals surface area (Å²) in [6.07, 6.45) is 1.71. The van der Waals surface area contributed by atoms with E-state index in [0.29, 0.717) is 5.56 Å². The van der Waals surface area contributed by atoms with Gasteiger partial charge >= 0.3 is 0 Å². The zero-order valence-corrected chi connectivity index (χ0v) is 14.9. The number of aliphatic hydroxyl groups excluding tert-OH is 1. The molecule has 0 unspecified atom stereocenters. The topological polar surface area (TPSA) is 53.2 Å². The Labute approximate surface area is 129 Å². The lowest BCUT2D eigenvalue weighted by atomic mass is 10.0. The minimum absolute atomic E-state index is 0.0131. The predicted molar refractivity (Wildman–Crippen MR) is 88.5 cm³/mol. The van der Waals surface area contributed by atoms with Crippen molar-refractivity contribution in [3.63, 3.8) is 0 Å². The van der Waals surface area contributed by atoms with Gasteiger partial charge in [-0.3, -0.25) is 0 Å². The van der Waals surface area contributed by atoms with Crippen LogP contribution in [-0.2, 0) is 17.5 Å². The summed E-state index contributed by atoms with van der Waals surface area (Å²) >= 11 is 0. The van der Waals surface area contributed by atoms with Gasteiger partial charge in [-0.2, -0.15) is 5.26 Å². The number of hydrogen-bond donors (Lipinski definition) is 1. The molecule has 0 saturated heterocycles. The summed E-state index contributed by atoms with van der Waals surface area (Å²) in [4.78, 5) is 0. The van der Waals surface area contributed by atoms with Crippen molar-refractivity contribution in [1.29, 1.82) is 5.26 Å². The maximum absolute atomic E-state index is 9.19. The molecule has 21 heavy (non-hydrogen) atoms. The summed E-state index contributed by atoms with van der Waals surface area (Å²) in [5.74, 6) is 0. The molecule has 0 radical (unpaired) electrons. The SMILES string of the molecule is CC(C)(C)[Si](C)(C)OCCCc1cc(CO)ccc1C#N. The van der Waals surface area contributed by atoms with Crippen molar-refractivity contribution < 1.29 is 9.53 Å². The van der Waals surface area contributed by atoms with Gasteiger partial charge < -0.3 is 9.53 Å². The van der Waals surface area contributed by atoms with E-state index in [0.717, 1.165) is 30.6 Å².